The van der Waals surface area contributed by atoms with Gasteiger partial charge in [-0.15, -0.1) is 0 Å². The number of amides is 1. The van der Waals surface area contributed by atoms with Crippen LogP contribution in [0.25, 0.3) is 0 Å². The molecule has 0 unspecified atom stereocenters. The predicted octanol–water partition coefficient (Wildman–Crippen LogP) is 1.31. The summed E-state index contributed by atoms with van der Waals surface area (Å²) in [5, 5.41) is 2.61. The molecule has 5 heteroatoms. The van der Waals surface area contributed by atoms with E-state index in [2.05, 4.69) is 5.32 Å². The number of nitrogens with one attached hydrogen (secondary N) is 1. The lowest BCUT2D eigenvalue weighted by atomic mass is 10.3. The number of anilines is 1. The highest BCUT2D eigenvalue weighted by Crippen LogP contribution is 2.24. The van der Waals surface area contributed by atoms with Gasteiger partial charge in [0.1, 0.15) is 0 Å². The van der Waals surface area contributed by atoms with E-state index >= 15 is 0 Å². The fraction of sp³-hybridized carbons (Fsp3) is 0.364. The quantitative estimate of drug-likeness (QED) is 0.744. The molecule has 0 aromatic heterocycles. The van der Waals surface area contributed by atoms with Crippen LogP contribution in [0.15, 0.2) is 18.2 Å². The van der Waals surface area contributed by atoms with Crippen LogP contribution in [0.4, 0.5) is 10.1 Å². The van der Waals surface area contributed by atoms with Crippen molar-refractivity contribution in [3.63, 3.8) is 0 Å². The molecule has 0 saturated heterocycles. The van der Waals surface area contributed by atoms with Crippen molar-refractivity contribution < 1.29 is 13.9 Å². The monoisotopic (exact) mass is 226 g/mol. The average molecular weight is 226 g/mol. The predicted molar refractivity (Wildman–Crippen MR) is 59.6 cm³/mol. The Morgan fingerprint density at radius 3 is 2.94 bits per heavy atom. The minimum Gasteiger partial charge on any atom is -0.479 e. The third kappa shape index (κ3) is 3.42. The first kappa shape index (κ1) is 12.3. The first-order valence-corrected chi connectivity index (χ1v) is 5.08. The van der Waals surface area contributed by atoms with Crippen molar-refractivity contribution in [1.29, 1.82) is 0 Å². The van der Waals surface area contributed by atoms with Gasteiger partial charge in [-0.25, -0.2) is 4.39 Å². The molecule has 1 amide bonds. The van der Waals surface area contributed by atoms with Crippen molar-refractivity contribution in [3.05, 3.63) is 24.0 Å². The second-order valence-corrected chi connectivity index (χ2v) is 3.30. The summed E-state index contributed by atoms with van der Waals surface area (Å²) < 4.78 is 18.2. The highest BCUT2D eigenvalue weighted by atomic mass is 19.1. The molecule has 0 spiro atoms. The van der Waals surface area contributed by atoms with Crippen molar-refractivity contribution in [2.24, 2.45) is 0 Å². The van der Waals surface area contributed by atoms with Gasteiger partial charge in [-0.1, -0.05) is 13.0 Å². The molecule has 0 aliphatic rings. The molecule has 0 heterocycles. The number of hydrogen-bond donors (Lipinski definition) is 2. The van der Waals surface area contributed by atoms with Crippen molar-refractivity contribution in [1.82, 2.24) is 5.32 Å². The summed E-state index contributed by atoms with van der Waals surface area (Å²) in [6, 6.07) is 4.23. The van der Waals surface area contributed by atoms with Crippen LogP contribution in [-0.4, -0.2) is 19.1 Å². The van der Waals surface area contributed by atoms with Gasteiger partial charge >= 0.3 is 0 Å². The van der Waals surface area contributed by atoms with Gasteiger partial charge in [0, 0.05) is 6.54 Å². The summed E-state index contributed by atoms with van der Waals surface area (Å²) in [6.07, 6.45) is 0.841. The topological polar surface area (TPSA) is 64.3 Å². The Kier molecular flexibility index (Phi) is 4.57. The molecule has 0 fully saturated rings. The van der Waals surface area contributed by atoms with Gasteiger partial charge in [-0.3, -0.25) is 4.79 Å². The third-order valence-corrected chi connectivity index (χ3v) is 1.92. The zero-order valence-corrected chi connectivity index (χ0v) is 9.13. The van der Waals surface area contributed by atoms with E-state index in [0.29, 0.717) is 6.54 Å². The fourth-order valence-corrected chi connectivity index (χ4v) is 1.13. The molecular weight excluding hydrogens is 211 g/mol. The number of nitrogens with two attached hydrogens (primary N) is 1. The van der Waals surface area contributed by atoms with Crippen molar-refractivity contribution in [3.8, 4) is 5.75 Å². The summed E-state index contributed by atoms with van der Waals surface area (Å²) in [7, 11) is 0. The number of carbonyl (C=O) groups excluding carboxylic acids is 1. The molecule has 4 nitrogen and oxygen atoms in total. The first-order valence-electron chi connectivity index (χ1n) is 5.08. The minimum atomic E-state index is -0.566. The Labute approximate surface area is 93.6 Å². The van der Waals surface area contributed by atoms with Crippen molar-refractivity contribution in [2.45, 2.75) is 13.3 Å². The highest BCUT2D eigenvalue weighted by molar-refractivity contribution is 5.77. The molecule has 0 bridgehead atoms. The van der Waals surface area contributed by atoms with E-state index in [0.717, 1.165) is 6.42 Å². The smallest absolute Gasteiger partial charge is 0.257 e. The van der Waals surface area contributed by atoms with E-state index in [4.69, 9.17) is 10.5 Å². The second-order valence-electron chi connectivity index (χ2n) is 3.30. The lowest BCUT2D eigenvalue weighted by Crippen LogP contribution is -2.29. The number of hydrogen-bond acceptors (Lipinski definition) is 3. The average Bonchev–Trinajstić information content (AvgIpc) is 2.25. The molecule has 88 valence electrons. The molecular formula is C11H15FN2O2. The van der Waals surface area contributed by atoms with Gasteiger partial charge in [0.25, 0.3) is 5.91 Å². The number of halogens is 1. The summed E-state index contributed by atoms with van der Waals surface area (Å²) in [6.45, 7) is 2.29. The van der Waals surface area contributed by atoms with Crippen LogP contribution >= 0.6 is 0 Å². The van der Waals surface area contributed by atoms with Gasteiger partial charge in [0.15, 0.2) is 18.2 Å². The van der Waals surface area contributed by atoms with E-state index < -0.39 is 5.82 Å². The van der Waals surface area contributed by atoms with Gasteiger partial charge in [-0.05, 0) is 18.6 Å². The molecule has 1 rings (SSSR count). The van der Waals surface area contributed by atoms with Crippen LogP contribution in [0, 0.1) is 5.82 Å². The zero-order chi connectivity index (χ0) is 12.0. The summed E-state index contributed by atoms with van der Waals surface area (Å²) in [4.78, 5) is 11.2. The molecule has 0 radical (unpaired) electrons. The van der Waals surface area contributed by atoms with Crippen LogP contribution in [0.3, 0.4) is 0 Å². The maximum absolute atomic E-state index is 13.2. The highest BCUT2D eigenvalue weighted by Gasteiger charge is 2.09. The zero-order valence-electron chi connectivity index (χ0n) is 9.13. The standard InChI is InChI=1S/C11H15FN2O2/c1-2-6-14-10(15)7-16-11-8(12)4-3-5-9(11)13/h3-5H,2,6-7,13H2,1H3,(H,14,15). The van der Waals surface area contributed by atoms with Gasteiger partial charge in [-0.2, -0.15) is 0 Å². The molecule has 0 atom stereocenters. The van der Waals surface area contributed by atoms with E-state index in [1.807, 2.05) is 6.92 Å². The molecule has 0 saturated carbocycles. The largest absolute Gasteiger partial charge is 0.479 e. The van der Waals surface area contributed by atoms with E-state index in [1.165, 1.54) is 18.2 Å². The Hall–Kier alpha value is -1.78. The maximum Gasteiger partial charge on any atom is 0.257 e. The first-order chi connectivity index (χ1) is 7.65. The normalized spacial score (nSPS) is 9.88. The molecule has 16 heavy (non-hydrogen) atoms. The van der Waals surface area contributed by atoms with Gasteiger partial charge < -0.3 is 15.8 Å². The van der Waals surface area contributed by atoms with Crippen LogP contribution < -0.4 is 15.8 Å². The number of nitrogen functional groups attached to an aromatic ring is 1. The lowest BCUT2D eigenvalue weighted by Gasteiger charge is -2.09. The van der Waals surface area contributed by atoms with E-state index in [1.54, 1.807) is 0 Å². The van der Waals surface area contributed by atoms with Crippen LogP contribution in [0.2, 0.25) is 0 Å². The molecule has 0 aliphatic heterocycles. The number of carbonyl (C=O) groups is 1. The van der Waals surface area contributed by atoms with E-state index in [9.17, 15) is 9.18 Å². The number of benzene rings is 1. The summed E-state index contributed by atoms with van der Waals surface area (Å²) >= 11 is 0. The Morgan fingerprint density at radius 1 is 1.56 bits per heavy atom. The third-order valence-electron chi connectivity index (χ3n) is 1.92. The van der Waals surface area contributed by atoms with Crippen LogP contribution in [0.1, 0.15) is 13.3 Å². The van der Waals surface area contributed by atoms with Crippen LogP contribution in [-0.2, 0) is 4.79 Å². The Bertz CT molecular complexity index is 349. The summed E-state index contributed by atoms with van der Waals surface area (Å²) in [5.74, 6) is -0.929. The van der Waals surface area contributed by atoms with Gasteiger partial charge in [0.05, 0.1) is 5.69 Å². The fourth-order valence-electron chi connectivity index (χ4n) is 1.13. The molecule has 1 aromatic rings. The molecule has 3 N–H and O–H groups in total. The second kappa shape index (κ2) is 5.95. The number of para-hydroxylation sites is 1. The summed E-state index contributed by atoms with van der Waals surface area (Å²) in [5.41, 5.74) is 5.69. The molecule has 1 aromatic carbocycles. The maximum atomic E-state index is 13.2. The lowest BCUT2D eigenvalue weighted by molar-refractivity contribution is -0.123. The minimum absolute atomic E-state index is 0.0749. The van der Waals surface area contributed by atoms with Gasteiger partial charge in [0.2, 0.25) is 0 Å². The molecule has 0 aliphatic carbocycles. The number of ether oxygens (including phenoxy) is 1. The Balaban J connectivity index is 2.51. The van der Waals surface area contributed by atoms with E-state index in [-0.39, 0.29) is 24.0 Å². The SMILES string of the molecule is CCCNC(=O)COc1c(N)cccc1F. The Morgan fingerprint density at radius 2 is 2.31 bits per heavy atom. The van der Waals surface area contributed by atoms with Crippen LogP contribution in [0.5, 0.6) is 5.75 Å². The van der Waals surface area contributed by atoms with Crippen molar-refractivity contribution >= 4 is 11.6 Å². The number of rotatable bonds is 5. The van der Waals surface area contributed by atoms with Crippen molar-refractivity contribution in [2.75, 3.05) is 18.9 Å².